The second-order valence-electron chi connectivity index (χ2n) is 5.91. The average Bonchev–Trinajstić information content (AvgIpc) is 2.63. The van der Waals surface area contributed by atoms with Gasteiger partial charge in [0.2, 0.25) is 5.91 Å². The van der Waals surface area contributed by atoms with Crippen molar-refractivity contribution in [3.8, 4) is 0 Å². The van der Waals surface area contributed by atoms with Crippen LogP contribution in [-0.2, 0) is 9.53 Å². The molecule has 2 N–H and O–H groups in total. The van der Waals surface area contributed by atoms with Crippen LogP contribution >= 0.6 is 0 Å². The van der Waals surface area contributed by atoms with E-state index in [1.54, 1.807) is 0 Å². The molecule has 1 aliphatic carbocycles. The molecule has 2 rings (SSSR count). The quantitative estimate of drug-likeness (QED) is 0.796. The maximum absolute atomic E-state index is 12.7. The van der Waals surface area contributed by atoms with E-state index in [1.165, 1.54) is 12.8 Å². The van der Waals surface area contributed by atoms with E-state index in [9.17, 15) is 4.79 Å². The van der Waals surface area contributed by atoms with Crippen LogP contribution in [0.5, 0.6) is 0 Å². The Hall–Kier alpha value is -0.610. The Balaban J connectivity index is 1.93. The maximum atomic E-state index is 12.7. The number of ether oxygens (including phenoxy) is 1. The van der Waals surface area contributed by atoms with Crippen LogP contribution in [0.15, 0.2) is 0 Å². The smallest absolute Gasteiger partial charge is 0.227 e. The molecule has 0 aromatic heterocycles. The summed E-state index contributed by atoms with van der Waals surface area (Å²) in [5, 5.41) is 0. The molecule has 4 nitrogen and oxygen atoms in total. The topological polar surface area (TPSA) is 55.6 Å². The fourth-order valence-corrected chi connectivity index (χ4v) is 3.39. The van der Waals surface area contributed by atoms with Crippen molar-refractivity contribution in [2.45, 2.75) is 64.0 Å². The van der Waals surface area contributed by atoms with Gasteiger partial charge < -0.3 is 15.4 Å². The Kier molecular flexibility index (Phi) is 5.64. The Morgan fingerprint density at radius 3 is 2.79 bits per heavy atom. The van der Waals surface area contributed by atoms with Crippen LogP contribution in [0.3, 0.4) is 0 Å². The molecule has 3 unspecified atom stereocenters. The van der Waals surface area contributed by atoms with Crippen molar-refractivity contribution in [1.82, 2.24) is 4.90 Å². The normalized spacial score (nSPS) is 32.9. The summed E-state index contributed by atoms with van der Waals surface area (Å²) in [5.74, 6) is 0.321. The molecule has 2 fully saturated rings. The lowest BCUT2D eigenvalue weighted by molar-refractivity contribution is -0.140. The van der Waals surface area contributed by atoms with Gasteiger partial charge in [0.1, 0.15) is 0 Å². The van der Waals surface area contributed by atoms with Gasteiger partial charge in [0.05, 0.1) is 12.0 Å². The number of hydrogen-bond donors (Lipinski definition) is 1. The van der Waals surface area contributed by atoms with Gasteiger partial charge in [-0.2, -0.15) is 0 Å². The maximum Gasteiger partial charge on any atom is 0.227 e. The van der Waals surface area contributed by atoms with Gasteiger partial charge in [-0.25, -0.2) is 0 Å². The van der Waals surface area contributed by atoms with Crippen LogP contribution in [0.2, 0.25) is 0 Å². The molecule has 0 aromatic carbocycles. The van der Waals surface area contributed by atoms with Crippen LogP contribution in [0.25, 0.3) is 0 Å². The molecule has 19 heavy (non-hydrogen) atoms. The predicted octanol–water partition coefficient (Wildman–Crippen LogP) is 1.92. The molecule has 110 valence electrons. The first-order valence-corrected chi connectivity index (χ1v) is 7.88. The second kappa shape index (κ2) is 7.25. The highest BCUT2D eigenvalue weighted by atomic mass is 16.5. The summed E-state index contributed by atoms with van der Waals surface area (Å²) in [7, 11) is 0. The summed E-state index contributed by atoms with van der Waals surface area (Å²) in [6, 6.07) is 0.0578. The third-order valence-corrected chi connectivity index (χ3v) is 4.48. The van der Waals surface area contributed by atoms with E-state index >= 15 is 0 Å². The zero-order valence-electron chi connectivity index (χ0n) is 12.1. The van der Waals surface area contributed by atoms with Gasteiger partial charge in [0.25, 0.3) is 0 Å². The summed E-state index contributed by atoms with van der Waals surface area (Å²) in [6.07, 6.45) is 7.87. The van der Waals surface area contributed by atoms with Gasteiger partial charge in [-0.3, -0.25) is 4.79 Å². The van der Waals surface area contributed by atoms with Gasteiger partial charge in [0.15, 0.2) is 0 Å². The van der Waals surface area contributed by atoms with Gasteiger partial charge in [-0.15, -0.1) is 0 Å². The van der Waals surface area contributed by atoms with Crippen molar-refractivity contribution in [2.75, 3.05) is 19.7 Å². The van der Waals surface area contributed by atoms with Crippen molar-refractivity contribution in [1.29, 1.82) is 0 Å². The van der Waals surface area contributed by atoms with Crippen molar-refractivity contribution in [3.05, 3.63) is 0 Å². The summed E-state index contributed by atoms with van der Waals surface area (Å²) in [5.41, 5.74) is 6.20. The molecular formula is C15H28N2O2. The molecule has 1 saturated carbocycles. The fourth-order valence-electron chi connectivity index (χ4n) is 3.39. The number of piperidine rings is 1. The van der Waals surface area contributed by atoms with E-state index in [1.807, 2.05) is 11.8 Å². The summed E-state index contributed by atoms with van der Waals surface area (Å²) >= 11 is 0. The largest absolute Gasteiger partial charge is 0.377 e. The molecule has 0 radical (unpaired) electrons. The fraction of sp³-hybridized carbons (Fsp3) is 0.933. The highest BCUT2D eigenvalue weighted by Crippen LogP contribution is 2.25. The first kappa shape index (κ1) is 14.8. The zero-order valence-corrected chi connectivity index (χ0v) is 12.1. The van der Waals surface area contributed by atoms with Gasteiger partial charge in [-0.05, 0) is 32.6 Å². The molecule has 1 aliphatic heterocycles. The minimum atomic E-state index is 0.0443. The summed E-state index contributed by atoms with van der Waals surface area (Å²) in [4.78, 5) is 14.7. The number of carbonyl (C=O) groups excluding carboxylic acids is 1. The molecule has 1 saturated heterocycles. The second-order valence-corrected chi connectivity index (χ2v) is 5.91. The van der Waals surface area contributed by atoms with Crippen molar-refractivity contribution in [3.63, 3.8) is 0 Å². The lowest BCUT2D eigenvalue weighted by Crippen LogP contribution is -2.49. The zero-order chi connectivity index (χ0) is 13.7. The van der Waals surface area contributed by atoms with E-state index in [0.717, 1.165) is 51.8 Å². The van der Waals surface area contributed by atoms with E-state index in [-0.39, 0.29) is 24.0 Å². The molecule has 1 amide bonds. The van der Waals surface area contributed by atoms with Crippen LogP contribution in [0, 0.1) is 5.92 Å². The molecule has 1 heterocycles. The van der Waals surface area contributed by atoms with Crippen LogP contribution < -0.4 is 5.73 Å². The summed E-state index contributed by atoms with van der Waals surface area (Å²) in [6.45, 7) is 4.39. The summed E-state index contributed by atoms with van der Waals surface area (Å²) < 4.78 is 5.68. The molecule has 4 heteroatoms. The minimum absolute atomic E-state index is 0.0443. The number of amides is 1. The van der Waals surface area contributed by atoms with Crippen molar-refractivity contribution >= 4 is 5.91 Å². The van der Waals surface area contributed by atoms with Gasteiger partial charge in [0, 0.05) is 25.7 Å². The van der Waals surface area contributed by atoms with E-state index in [4.69, 9.17) is 10.5 Å². The third-order valence-electron chi connectivity index (χ3n) is 4.48. The Bertz CT molecular complexity index is 294. The van der Waals surface area contributed by atoms with Crippen LogP contribution in [-0.4, -0.2) is 42.6 Å². The standard InChI is InChI=1S/C15H28N2O2/c1-2-19-12-7-6-10-17(11-12)15(18)13-8-4-3-5-9-14(13)16/h12-14H,2-11,16H2,1H3. The first-order valence-electron chi connectivity index (χ1n) is 7.88. The predicted molar refractivity (Wildman–Crippen MR) is 75.8 cm³/mol. The van der Waals surface area contributed by atoms with Crippen molar-refractivity contribution in [2.24, 2.45) is 11.7 Å². The highest BCUT2D eigenvalue weighted by molar-refractivity contribution is 5.79. The molecule has 0 aromatic rings. The van der Waals surface area contributed by atoms with Crippen LogP contribution in [0.4, 0.5) is 0 Å². The number of hydrogen-bond acceptors (Lipinski definition) is 3. The Labute approximate surface area is 116 Å². The lowest BCUT2D eigenvalue weighted by Gasteiger charge is -2.35. The van der Waals surface area contributed by atoms with Gasteiger partial charge >= 0.3 is 0 Å². The number of rotatable bonds is 3. The molecule has 2 aliphatic rings. The lowest BCUT2D eigenvalue weighted by atomic mass is 9.93. The van der Waals surface area contributed by atoms with E-state index in [0.29, 0.717) is 0 Å². The minimum Gasteiger partial charge on any atom is -0.377 e. The third kappa shape index (κ3) is 3.93. The van der Waals surface area contributed by atoms with Crippen LogP contribution in [0.1, 0.15) is 51.9 Å². The van der Waals surface area contributed by atoms with E-state index < -0.39 is 0 Å². The molecular weight excluding hydrogens is 240 g/mol. The average molecular weight is 268 g/mol. The first-order chi connectivity index (χ1) is 9.22. The SMILES string of the molecule is CCOC1CCCN(C(=O)C2CCCCCC2N)C1. The number of nitrogens with two attached hydrogens (primary N) is 1. The Morgan fingerprint density at radius 2 is 2.00 bits per heavy atom. The number of carbonyl (C=O) groups is 1. The highest BCUT2D eigenvalue weighted by Gasteiger charge is 2.33. The van der Waals surface area contributed by atoms with Crippen molar-refractivity contribution < 1.29 is 9.53 Å². The monoisotopic (exact) mass is 268 g/mol. The van der Waals surface area contributed by atoms with Gasteiger partial charge in [-0.1, -0.05) is 19.3 Å². The molecule has 0 bridgehead atoms. The molecule has 3 atom stereocenters. The number of likely N-dealkylation sites (tertiary alicyclic amines) is 1. The van der Waals surface area contributed by atoms with E-state index in [2.05, 4.69) is 0 Å². The Morgan fingerprint density at radius 1 is 1.21 bits per heavy atom. The molecule has 0 spiro atoms. The number of nitrogens with zero attached hydrogens (tertiary/aromatic N) is 1.